The van der Waals surface area contributed by atoms with Gasteiger partial charge in [-0.05, 0) is 86.3 Å². The van der Waals surface area contributed by atoms with Crippen LogP contribution in [0, 0.1) is 0 Å². The van der Waals surface area contributed by atoms with E-state index in [1.54, 1.807) is 0 Å². The van der Waals surface area contributed by atoms with Gasteiger partial charge in [-0.25, -0.2) is 0 Å². The molecule has 1 fully saturated rings. The van der Waals surface area contributed by atoms with Crippen molar-refractivity contribution >= 4 is 34.4 Å². The molecule has 2 aromatic rings. The SMILES string of the molecule is CCCCc1ccc(NC(=S)Nc2ccc(N3CCCCC3)cc2)cc1. The van der Waals surface area contributed by atoms with Crippen LogP contribution in [0.5, 0.6) is 0 Å². The smallest absolute Gasteiger partial charge is 0.175 e. The van der Waals surface area contributed by atoms with Gasteiger partial charge < -0.3 is 15.5 Å². The highest BCUT2D eigenvalue weighted by molar-refractivity contribution is 7.80. The molecule has 0 aromatic heterocycles. The Hall–Kier alpha value is -2.07. The minimum absolute atomic E-state index is 0.622. The number of unbranched alkanes of at least 4 members (excludes halogenated alkanes) is 1. The van der Waals surface area contributed by atoms with Gasteiger partial charge in [-0.2, -0.15) is 0 Å². The predicted molar refractivity (Wildman–Crippen MR) is 117 cm³/mol. The Morgan fingerprint density at radius 1 is 0.885 bits per heavy atom. The molecule has 0 saturated carbocycles. The Bertz CT molecular complexity index is 688. The second-order valence-electron chi connectivity index (χ2n) is 6.97. The predicted octanol–water partition coefficient (Wildman–Crippen LogP) is 5.83. The van der Waals surface area contributed by atoms with Crippen LogP contribution in [-0.2, 0) is 6.42 Å². The van der Waals surface area contributed by atoms with Crippen LogP contribution in [0.25, 0.3) is 0 Å². The lowest BCUT2D eigenvalue weighted by atomic mass is 10.1. The Morgan fingerprint density at radius 2 is 1.46 bits per heavy atom. The molecule has 4 heteroatoms. The first-order valence-electron chi connectivity index (χ1n) is 9.76. The van der Waals surface area contributed by atoms with Gasteiger partial charge in [0.2, 0.25) is 0 Å². The second-order valence-corrected chi connectivity index (χ2v) is 7.38. The van der Waals surface area contributed by atoms with E-state index in [1.807, 2.05) is 0 Å². The largest absolute Gasteiger partial charge is 0.372 e. The number of nitrogens with zero attached hydrogens (tertiary/aromatic N) is 1. The van der Waals surface area contributed by atoms with Gasteiger partial charge in [0.15, 0.2) is 5.11 Å². The molecular weight excluding hydrogens is 338 g/mol. The molecule has 0 amide bonds. The number of rotatable bonds is 6. The van der Waals surface area contributed by atoms with Crippen molar-refractivity contribution in [1.29, 1.82) is 0 Å². The van der Waals surface area contributed by atoms with Crippen molar-refractivity contribution in [2.24, 2.45) is 0 Å². The van der Waals surface area contributed by atoms with E-state index in [2.05, 4.69) is 71.0 Å². The summed E-state index contributed by atoms with van der Waals surface area (Å²) < 4.78 is 0. The Labute approximate surface area is 162 Å². The topological polar surface area (TPSA) is 27.3 Å². The van der Waals surface area contributed by atoms with Crippen molar-refractivity contribution in [1.82, 2.24) is 0 Å². The average molecular weight is 368 g/mol. The summed E-state index contributed by atoms with van der Waals surface area (Å²) in [5.74, 6) is 0. The Morgan fingerprint density at radius 3 is 2.04 bits per heavy atom. The molecule has 0 atom stereocenters. The van der Waals surface area contributed by atoms with Gasteiger partial charge >= 0.3 is 0 Å². The zero-order valence-electron chi connectivity index (χ0n) is 15.6. The van der Waals surface area contributed by atoms with E-state index in [0.717, 1.165) is 17.8 Å². The average Bonchev–Trinajstić information content (AvgIpc) is 2.69. The van der Waals surface area contributed by atoms with E-state index < -0.39 is 0 Å². The quantitative estimate of drug-likeness (QED) is 0.628. The summed E-state index contributed by atoms with van der Waals surface area (Å²) in [4.78, 5) is 2.46. The Balaban J connectivity index is 1.51. The van der Waals surface area contributed by atoms with E-state index in [9.17, 15) is 0 Å². The monoisotopic (exact) mass is 367 g/mol. The fraction of sp³-hybridized carbons (Fsp3) is 0.409. The first kappa shape index (κ1) is 18.7. The molecule has 1 aliphatic heterocycles. The summed E-state index contributed by atoms with van der Waals surface area (Å²) in [5, 5.41) is 7.16. The lowest BCUT2D eigenvalue weighted by molar-refractivity contribution is 0.578. The summed E-state index contributed by atoms with van der Waals surface area (Å²) in [5.41, 5.74) is 4.72. The lowest BCUT2D eigenvalue weighted by Crippen LogP contribution is -2.29. The van der Waals surface area contributed by atoms with Crippen molar-refractivity contribution in [2.45, 2.75) is 45.4 Å². The molecule has 3 nitrogen and oxygen atoms in total. The first-order valence-corrected chi connectivity index (χ1v) is 10.2. The van der Waals surface area contributed by atoms with Crippen LogP contribution in [0.15, 0.2) is 48.5 Å². The van der Waals surface area contributed by atoms with E-state index in [-0.39, 0.29) is 0 Å². The third kappa shape index (κ3) is 5.46. The number of piperidine rings is 1. The van der Waals surface area contributed by atoms with Gasteiger partial charge in [0.1, 0.15) is 0 Å². The molecule has 3 rings (SSSR count). The maximum atomic E-state index is 5.45. The number of thiocarbonyl (C=S) groups is 1. The van der Waals surface area contributed by atoms with Gasteiger partial charge in [-0.1, -0.05) is 25.5 Å². The zero-order valence-corrected chi connectivity index (χ0v) is 16.4. The maximum Gasteiger partial charge on any atom is 0.175 e. The molecule has 0 unspecified atom stereocenters. The molecule has 0 radical (unpaired) electrons. The van der Waals surface area contributed by atoms with E-state index in [1.165, 1.54) is 56.4 Å². The highest BCUT2D eigenvalue weighted by Gasteiger charge is 2.10. The highest BCUT2D eigenvalue weighted by atomic mass is 32.1. The van der Waals surface area contributed by atoms with E-state index >= 15 is 0 Å². The van der Waals surface area contributed by atoms with Crippen molar-refractivity contribution in [3.8, 4) is 0 Å². The summed E-state index contributed by atoms with van der Waals surface area (Å²) in [6, 6.07) is 17.1. The number of nitrogens with one attached hydrogen (secondary N) is 2. The van der Waals surface area contributed by atoms with Gasteiger partial charge in [0.05, 0.1) is 0 Å². The van der Waals surface area contributed by atoms with Crippen molar-refractivity contribution in [3.05, 3.63) is 54.1 Å². The van der Waals surface area contributed by atoms with Gasteiger partial charge in [-0.3, -0.25) is 0 Å². The number of hydrogen-bond acceptors (Lipinski definition) is 2. The van der Waals surface area contributed by atoms with E-state index in [0.29, 0.717) is 5.11 Å². The lowest BCUT2D eigenvalue weighted by Gasteiger charge is -2.28. The number of hydrogen-bond donors (Lipinski definition) is 2. The van der Waals surface area contributed by atoms with Crippen molar-refractivity contribution in [2.75, 3.05) is 28.6 Å². The molecule has 1 saturated heterocycles. The molecular formula is C22H29N3S. The molecule has 0 spiro atoms. The molecule has 2 N–H and O–H groups in total. The van der Waals surface area contributed by atoms with Crippen molar-refractivity contribution in [3.63, 3.8) is 0 Å². The number of aryl methyl sites for hydroxylation is 1. The first-order chi connectivity index (χ1) is 12.7. The van der Waals surface area contributed by atoms with Crippen LogP contribution in [0.4, 0.5) is 17.1 Å². The number of anilines is 3. The normalized spacial score (nSPS) is 14.1. The van der Waals surface area contributed by atoms with E-state index in [4.69, 9.17) is 12.2 Å². The van der Waals surface area contributed by atoms with Crippen LogP contribution in [0.2, 0.25) is 0 Å². The molecule has 1 heterocycles. The molecule has 26 heavy (non-hydrogen) atoms. The standard InChI is InChI=1S/C22H29N3S/c1-2-3-7-18-8-10-19(11-9-18)23-22(26)24-20-12-14-21(15-13-20)25-16-5-4-6-17-25/h8-15H,2-7,16-17H2,1H3,(H2,23,24,26). The summed E-state index contributed by atoms with van der Waals surface area (Å²) >= 11 is 5.45. The molecule has 0 aliphatic carbocycles. The molecule has 0 bridgehead atoms. The molecule has 138 valence electrons. The van der Waals surface area contributed by atoms with Crippen molar-refractivity contribution < 1.29 is 0 Å². The van der Waals surface area contributed by atoms with Crippen LogP contribution in [0.1, 0.15) is 44.6 Å². The molecule has 1 aliphatic rings. The summed E-state index contributed by atoms with van der Waals surface area (Å²) in [7, 11) is 0. The van der Waals surface area contributed by atoms with Gasteiger partial charge in [0.25, 0.3) is 0 Å². The van der Waals surface area contributed by atoms with Gasteiger partial charge in [0, 0.05) is 30.2 Å². The summed E-state index contributed by atoms with van der Waals surface area (Å²) in [6.07, 6.45) is 7.56. The number of benzene rings is 2. The zero-order chi connectivity index (χ0) is 18.2. The van der Waals surface area contributed by atoms with Gasteiger partial charge in [-0.15, -0.1) is 0 Å². The second kappa shape index (κ2) is 9.58. The minimum atomic E-state index is 0.622. The molecule has 2 aromatic carbocycles. The fourth-order valence-electron chi connectivity index (χ4n) is 3.34. The van der Waals surface area contributed by atoms with Crippen LogP contribution < -0.4 is 15.5 Å². The van der Waals surface area contributed by atoms with Crippen LogP contribution in [0.3, 0.4) is 0 Å². The third-order valence-electron chi connectivity index (χ3n) is 4.88. The summed E-state index contributed by atoms with van der Waals surface area (Å²) in [6.45, 7) is 4.56. The highest BCUT2D eigenvalue weighted by Crippen LogP contribution is 2.22. The van der Waals surface area contributed by atoms with Crippen LogP contribution in [-0.4, -0.2) is 18.2 Å². The fourth-order valence-corrected chi connectivity index (χ4v) is 3.57. The van der Waals surface area contributed by atoms with Crippen LogP contribution >= 0.6 is 12.2 Å². The minimum Gasteiger partial charge on any atom is -0.372 e. The Kier molecular flexibility index (Phi) is 6.89. The maximum absolute atomic E-state index is 5.45. The third-order valence-corrected chi connectivity index (χ3v) is 5.08.